The van der Waals surface area contributed by atoms with Crippen molar-refractivity contribution in [2.45, 2.75) is 58.8 Å². The van der Waals surface area contributed by atoms with Gasteiger partial charge in [-0.2, -0.15) is 5.10 Å². The summed E-state index contributed by atoms with van der Waals surface area (Å²) in [5.74, 6) is 0.322. The van der Waals surface area contributed by atoms with E-state index in [0.717, 1.165) is 23.3 Å². The third-order valence-corrected chi connectivity index (χ3v) is 5.64. The van der Waals surface area contributed by atoms with Gasteiger partial charge in [0.1, 0.15) is 10.6 Å². The van der Waals surface area contributed by atoms with Crippen LogP contribution in [0.15, 0.2) is 23.3 Å². The molecule has 6 nitrogen and oxygen atoms in total. The van der Waals surface area contributed by atoms with Crippen molar-refractivity contribution in [2.75, 3.05) is 12.3 Å². The second-order valence-electron chi connectivity index (χ2n) is 6.83. The van der Waals surface area contributed by atoms with Gasteiger partial charge in [-0.15, -0.1) is 0 Å². The molecule has 0 atom stereocenters. The number of hydrogen-bond acceptors (Lipinski definition) is 6. The Morgan fingerprint density at radius 1 is 1.28 bits per heavy atom. The minimum absolute atomic E-state index is 0.339. The molecule has 0 saturated heterocycles. The van der Waals surface area contributed by atoms with E-state index in [-0.39, 0.29) is 5.91 Å². The number of benzene rings is 1. The molecular formula is C21H29ClN4O2S. The Labute approximate surface area is 181 Å². The van der Waals surface area contributed by atoms with Crippen molar-refractivity contribution in [3.05, 3.63) is 39.4 Å². The summed E-state index contributed by atoms with van der Waals surface area (Å²) >= 11 is 7.42. The number of ether oxygens (including phenoxy) is 1. The fourth-order valence-corrected chi connectivity index (χ4v) is 3.77. The first-order valence-electron chi connectivity index (χ1n) is 10.00. The Balaban J connectivity index is 1.75. The number of amides is 1. The molecule has 0 bridgehead atoms. The Morgan fingerprint density at radius 2 is 2.00 bits per heavy atom. The van der Waals surface area contributed by atoms with Gasteiger partial charge in [0, 0.05) is 0 Å². The summed E-state index contributed by atoms with van der Waals surface area (Å²) in [7, 11) is 0. The Hall–Kier alpha value is -2.12. The maximum Gasteiger partial charge on any atom is 0.283 e. The van der Waals surface area contributed by atoms with Gasteiger partial charge in [-0.1, -0.05) is 68.4 Å². The molecule has 3 N–H and O–H groups in total. The number of nitrogen functional groups attached to an aromatic ring is 1. The fraction of sp³-hybridized carbons (Fsp3) is 0.476. The third kappa shape index (κ3) is 8.03. The topological polar surface area (TPSA) is 89.6 Å². The highest BCUT2D eigenvalue weighted by molar-refractivity contribution is 7.17. The highest BCUT2D eigenvalue weighted by Crippen LogP contribution is 2.25. The lowest BCUT2D eigenvalue weighted by molar-refractivity contribution is 0.0958. The van der Waals surface area contributed by atoms with Gasteiger partial charge >= 0.3 is 0 Å². The summed E-state index contributed by atoms with van der Waals surface area (Å²) < 4.78 is 5.77. The van der Waals surface area contributed by atoms with Crippen LogP contribution in [0.4, 0.5) is 5.13 Å². The summed E-state index contributed by atoms with van der Waals surface area (Å²) in [5, 5.41) is 4.85. The first-order chi connectivity index (χ1) is 14.0. The van der Waals surface area contributed by atoms with E-state index in [9.17, 15) is 4.79 Å². The smallest absolute Gasteiger partial charge is 0.283 e. The molecule has 0 aliphatic heterocycles. The van der Waals surface area contributed by atoms with Gasteiger partial charge in [0.15, 0.2) is 5.13 Å². The van der Waals surface area contributed by atoms with Crippen molar-refractivity contribution in [3.8, 4) is 5.75 Å². The molecule has 0 aliphatic carbocycles. The summed E-state index contributed by atoms with van der Waals surface area (Å²) in [6.45, 7) is 4.62. The van der Waals surface area contributed by atoms with Gasteiger partial charge in [-0.05, 0) is 37.1 Å². The van der Waals surface area contributed by atoms with E-state index in [4.69, 9.17) is 22.1 Å². The molecule has 1 aromatic carbocycles. The quantitative estimate of drug-likeness (QED) is 0.258. The normalized spacial score (nSPS) is 11.1. The SMILES string of the molecule is CCCCCCCCCOc1ccc(/C=N\NC(=O)c2sc(N)nc2C)cc1Cl. The minimum atomic E-state index is -0.339. The molecule has 1 aromatic heterocycles. The van der Waals surface area contributed by atoms with Crippen molar-refractivity contribution >= 4 is 40.2 Å². The van der Waals surface area contributed by atoms with Crippen LogP contribution in [0.3, 0.4) is 0 Å². The maximum atomic E-state index is 12.1. The van der Waals surface area contributed by atoms with Crippen LogP contribution in [-0.2, 0) is 0 Å². The lowest BCUT2D eigenvalue weighted by Gasteiger charge is -2.08. The predicted molar refractivity (Wildman–Crippen MR) is 121 cm³/mol. The largest absolute Gasteiger partial charge is 0.492 e. The zero-order valence-corrected chi connectivity index (χ0v) is 18.6. The zero-order valence-electron chi connectivity index (χ0n) is 17.0. The van der Waals surface area contributed by atoms with Crippen LogP contribution in [0.25, 0.3) is 0 Å². The van der Waals surface area contributed by atoms with E-state index in [0.29, 0.717) is 33.1 Å². The van der Waals surface area contributed by atoms with Crippen LogP contribution >= 0.6 is 22.9 Å². The number of nitrogens with two attached hydrogens (primary N) is 1. The minimum Gasteiger partial charge on any atom is -0.492 e. The fourth-order valence-electron chi connectivity index (χ4n) is 2.80. The van der Waals surface area contributed by atoms with Gasteiger partial charge in [0.25, 0.3) is 5.91 Å². The average Bonchev–Trinajstić information content (AvgIpc) is 3.03. The van der Waals surface area contributed by atoms with Crippen LogP contribution in [0.1, 0.15) is 72.8 Å². The average molecular weight is 437 g/mol. The molecule has 1 heterocycles. The van der Waals surface area contributed by atoms with E-state index >= 15 is 0 Å². The summed E-state index contributed by atoms with van der Waals surface area (Å²) in [4.78, 5) is 16.6. The molecule has 0 radical (unpaired) electrons. The Morgan fingerprint density at radius 3 is 2.66 bits per heavy atom. The van der Waals surface area contributed by atoms with Gasteiger partial charge in [0.2, 0.25) is 0 Å². The van der Waals surface area contributed by atoms with Crippen molar-refractivity contribution in [1.29, 1.82) is 0 Å². The summed E-state index contributed by atoms with van der Waals surface area (Å²) in [6, 6.07) is 5.42. The monoisotopic (exact) mass is 436 g/mol. The van der Waals surface area contributed by atoms with E-state index in [1.165, 1.54) is 44.7 Å². The molecule has 0 fully saturated rings. The number of anilines is 1. The molecule has 2 aromatic rings. The van der Waals surface area contributed by atoms with Crippen molar-refractivity contribution in [3.63, 3.8) is 0 Å². The second-order valence-corrected chi connectivity index (χ2v) is 8.26. The van der Waals surface area contributed by atoms with Crippen molar-refractivity contribution < 1.29 is 9.53 Å². The third-order valence-electron chi connectivity index (χ3n) is 4.36. The Kier molecular flexibility index (Phi) is 9.94. The first kappa shape index (κ1) is 23.2. The number of carbonyl (C=O) groups is 1. The standard InChI is InChI=1S/C21H29ClN4O2S/c1-3-4-5-6-7-8-9-12-28-18-11-10-16(13-17(18)22)14-24-26-20(27)19-15(2)25-21(23)29-19/h10-11,13-14H,3-9,12H2,1-2H3,(H2,23,25)(H,26,27)/b24-14-. The first-order valence-corrected chi connectivity index (χ1v) is 11.2. The Bertz CT molecular complexity index is 823. The number of aromatic nitrogens is 1. The number of carbonyl (C=O) groups excluding carboxylic acids is 1. The van der Waals surface area contributed by atoms with Gasteiger partial charge in [-0.25, -0.2) is 10.4 Å². The second kappa shape index (κ2) is 12.4. The van der Waals surface area contributed by atoms with Crippen molar-refractivity contribution in [1.82, 2.24) is 10.4 Å². The molecule has 0 unspecified atom stereocenters. The molecule has 29 heavy (non-hydrogen) atoms. The summed E-state index contributed by atoms with van der Waals surface area (Å²) in [6.07, 6.45) is 10.2. The van der Waals surface area contributed by atoms with Crippen LogP contribution in [0.2, 0.25) is 5.02 Å². The highest BCUT2D eigenvalue weighted by Gasteiger charge is 2.13. The number of unbranched alkanes of at least 4 members (excludes halogenated alkanes) is 6. The number of hydrazone groups is 1. The van der Waals surface area contributed by atoms with E-state index in [1.54, 1.807) is 13.0 Å². The van der Waals surface area contributed by atoms with Crippen LogP contribution in [0, 0.1) is 6.92 Å². The van der Waals surface area contributed by atoms with Gasteiger partial charge < -0.3 is 10.5 Å². The molecule has 158 valence electrons. The molecule has 1 amide bonds. The van der Waals surface area contributed by atoms with E-state index < -0.39 is 0 Å². The van der Waals surface area contributed by atoms with Crippen LogP contribution < -0.4 is 15.9 Å². The van der Waals surface area contributed by atoms with E-state index in [2.05, 4.69) is 22.4 Å². The number of hydrogen-bond donors (Lipinski definition) is 2. The zero-order chi connectivity index (χ0) is 21.1. The molecule has 2 rings (SSSR count). The van der Waals surface area contributed by atoms with E-state index in [1.807, 2.05) is 12.1 Å². The molecular weight excluding hydrogens is 408 g/mol. The molecule has 0 aliphatic rings. The van der Waals surface area contributed by atoms with Crippen LogP contribution in [-0.4, -0.2) is 23.7 Å². The summed E-state index contributed by atoms with van der Waals surface area (Å²) in [5.41, 5.74) is 9.43. The highest BCUT2D eigenvalue weighted by atomic mass is 35.5. The number of aryl methyl sites for hydroxylation is 1. The molecule has 0 saturated carbocycles. The lowest BCUT2D eigenvalue weighted by atomic mass is 10.1. The number of rotatable bonds is 12. The lowest BCUT2D eigenvalue weighted by Crippen LogP contribution is -2.17. The number of halogens is 1. The predicted octanol–water partition coefficient (Wildman–Crippen LogP) is 5.58. The number of nitrogens with one attached hydrogen (secondary N) is 1. The maximum absolute atomic E-state index is 12.1. The van der Waals surface area contributed by atoms with Gasteiger partial charge in [0.05, 0.1) is 23.5 Å². The van der Waals surface area contributed by atoms with Gasteiger partial charge in [-0.3, -0.25) is 4.79 Å². The van der Waals surface area contributed by atoms with Crippen LogP contribution in [0.5, 0.6) is 5.75 Å². The molecule has 8 heteroatoms. The van der Waals surface area contributed by atoms with Crippen molar-refractivity contribution in [2.24, 2.45) is 5.10 Å². The number of thiazole rings is 1. The molecule has 0 spiro atoms. The number of nitrogens with zero attached hydrogens (tertiary/aromatic N) is 2.